The molecule has 0 aliphatic heterocycles. The minimum absolute atomic E-state index is 0.546. The summed E-state index contributed by atoms with van der Waals surface area (Å²) in [5, 5.41) is 10.6. The van der Waals surface area contributed by atoms with Crippen LogP contribution in [0.2, 0.25) is 0 Å². The molecule has 1 N–H and O–H groups in total. The molecule has 2 atom stereocenters. The van der Waals surface area contributed by atoms with E-state index < -0.39 is 21.7 Å². The van der Waals surface area contributed by atoms with E-state index in [1.165, 1.54) is 0 Å². The monoisotopic (exact) mass is 282 g/mol. The maximum Gasteiger partial charge on any atom is 0.305 e. The van der Waals surface area contributed by atoms with Crippen LogP contribution in [0.5, 0.6) is 0 Å². The largest absolute Gasteiger partial charge is 0.399 e. The first-order valence-electron chi connectivity index (χ1n) is 7.08. The fraction of sp³-hybridized carbons (Fsp3) is 0.600. The van der Waals surface area contributed by atoms with Crippen molar-refractivity contribution in [2.75, 3.05) is 6.61 Å². The first-order chi connectivity index (χ1) is 9.14. The normalized spacial score (nSPS) is 16.6. The van der Waals surface area contributed by atoms with E-state index >= 15 is 0 Å². The number of hydrogen-bond acceptors (Lipinski definition) is 3. The Balaban J connectivity index is 2.68. The Bertz CT molecular complexity index is 345. The average Bonchev–Trinajstić information content (AvgIpc) is 2.44. The number of hydrogen-bond donors (Lipinski definition) is 1. The molecule has 108 valence electrons. The summed E-state index contributed by atoms with van der Waals surface area (Å²) in [6.45, 7) is 6.92. The molecule has 0 aliphatic carbocycles. The van der Waals surface area contributed by atoms with Gasteiger partial charge in [-0.2, -0.15) is 0 Å². The van der Waals surface area contributed by atoms with E-state index in [0.717, 1.165) is 31.4 Å². The van der Waals surface area contributed by atoms with Crippen LogP contribution in [0.4, 0.5) is 0 Å². The number of aliphatic hydroxyl groups is 1. The molecular formula is C15H26O3Si. The van der Waals surface area contributed by atoms with Crippen molar-refractivity contribution in [2.45, 2.75) is 51.7 Å². The van der Waals surface area contributed by atoms with Gasteiger partial charge in [-0.3, -0.25) is 0 Å². The van der Waals surface area contributed by atoms with Gasteiger partial charge in [0.1, 0.15) is 6.10 Å². The van der Waals surface area contributed by atoms with Crippen LogP contribution in [0.25, 0.3) is 0 Å². The molecule has 1 rings (SSSR count). The first kappa shape index (κ1) is 16.4. The minimum atomic E-state index is -1.03. The van der Waals surface area contributed by atoms with Gasteiger partial charge < -0.3 is 14.0 Å². The van der Waals surface area contributed by atoms with E-state index in [2.05, 4.69) is 13.8 Å². The number of rotatable bonds is 9. The summed E-state index contributed by atoms with van der Waals surface area (Å²) in [4.78, 5) is 0. The highest BCUT2D eigenvalue weighted by atomic mass is 28.3. The van der Waals surface area contributed by atoms with Crippen molar-refractivity contribution in [1.29, 1.82) is 0 Å². The molecule has 2 unspecified atom stereocenters. The molecular weight excluding hydrogens is 256 g/mol. The van der Waals surface area contributed by atoms with Gasteiger partial charge in [-0.1, -0.05) is 50.6 Å². The lowest BCUT2D eigenvalue weighted by Crippen LogP contribution is -2.38. The molecule has 4 heteroatoms. The zero-order chi connectivity index (χ0) is 14.1. The summed E-state index contributed by atoms with van der Waals surface area (Å²) >= 11 is 0. The molecule has 0 radical (unpaired) electrons. The topological polar surface area (TPSA) is 38.7 Å². The molecule has 0 aromatic heterocycles. The Kier molecular flexibility index (Phi) is 7.31. The van der Waals surface area contributed by atoms with E-state index in [1.807, 2.05) is 37.3 Å². The zero-order valence-corrected chi connectivity index (χ0v) is 13.7. The molecule has 0 fully saturated rings. The van der Waals surface area contributed by atoms with E-state index in [1.54, 1.807) is 0 Å². The zero-order valence-electron chi connectivity index (χ0n) is 12.3. The van der Waals surface area contributed by atoms with Crippen molar-refractivity contribution in [2.24, 2.45) is 0 Å². The fourth-order valence-corrected chi connectivity index (χ4v) is 3.21. The maximum atomic E-state index is 10.6. The smallest absolute Gasteiger partial charge is 0.305 e. The molecule has 1 aromatic rings. The Morgan fingerprint density at radius 1 is 1.21 bits per heavy atom. The Morgan fingerprint density at radius 3 is 2.47 bits per heavy atom. The van der Waals surface area contributed by atoms with Gasteiger partial charge in [0.25, 0.3) is 0 Å². The quantitative estimate of drug-likeness (QED) is 0.559. The van der Waals surface area contributed by atoms with E-state index in [9.17, 15) is 5.11 Å². The summed E-state index contributed by atoms with van der Waals surface area (Å²) in [6, 6.07) is 9.71. The highest BCUT2D eigenvalue weighted by Crippen LogP contribution is 2.32. The van der Waals surface area contributed by atoms with Crippen molar-refractivity contribution in [3.05, 3.63) is 35.9 Å². The molecule has 3 nitrogen and oxygen atoms in total. The maximum absolute atomic E-state index is 10.6. The number of aliphatic hydroxyl groups excluding tert-OH is 1. The highest BCUT2D eigenvalue weighted by Gasteiger charge is 2.34. The third-order valence-electron chi connectivity index (χ3n) is 3.26. The van der Waals surface area contributed by atoms with Crippen LogP contribution in [-0.2, 0) is 8.85 Å². The molecule has 0 bridgehead atoms. The van der Waals surface area contributed by atoms with Crippen LogP contribution in [-0.4, -0.2) is 27.3 Å². The predicted octanol–water partition coefficient (Wildman–Crippen LogP) is 2.72. The van der Waals surface area contributed by atoms with Gasteiger partial charge in [0.2, 0.25) is 0 Å². The number of benzene rings is 1. The van der Waals surface area contributed by atoms with Gasteiger partial charge >= 0.3 is 10.0 Å². The Labute approximate surface area is 119 Å². The van der Waals surface area contributed by atoms with Crippen molar-refractivity contribution >= 4 is 10.0 Å². The second-order valence-electron chi connectivity index (χ2n) is 5.05. The van der Waals surface area contributed by atoms with Gasteiger partial charge in [-0.15, -0.1) is 0 Å². The van der Waals surface area contributed by atoms with E-state index in [0.29, 0.717) is 0 Å². The molecule has 0 spiro atoms. The molecule has 0 saturated heterocycles. The molecule has 0 aliphatic rings. The van der Waals surface area contributed by atoms with Crippen LogP contribution < -0.4 is 0 Å². The van der Waals surface area contributed by atoms with Crippen molar-refractivity contribution in [3.8, 4) is 0 Å². The van der Waals surface area contributed by atoms with Crippen molar-refractivity contribution in [3.63, 3.8) is 0 Å². The standard InChI is InChI=1S/C15H26O3Si/c1-4-11-15(3,18-19-17-12-5-2)14(16)13-9-7-6-8-10-13/h6-10,14,16H,4-5,11-12,19H2,1-3H3. The lowest BCUT2D eigenvalue weighted by Gasteiger charge is -2.35. The van der Waals surface area contributed by atoms with Crippen LogP contribution in [0, 0.1) is 0 Å². The Hall–Kier alpha value is -0.683. The second-order valence-corrected chi connectivity index (χ2v) is 5.98. The Morgan fingerprint density at radius 2 is 1.89 bits per heavy atom. The lowest BCUT2D eigenvalue weighted by atomic mass is 9.89. The first-order valence-corrected chi connectivity index (χ1v) is 8.24. The summed E-state index contributed by atoms with van der Waals surface area (Å²) in [7, 11) is -1.03. The van der Waals surface area contributed by atoms with Gasteiger partial charge in [-0.25, -0.2) is 0 Å². The van der Waals surface area contributed by atoms with E-state index in [-0.39, 0.29) is 0 Å². The van der Waals surface area contributed by atoms with Gasteiger partial charge in [0.05, 0.1) is 5.60 Å². The van der Waals surface area contributed by atoms with Crippen LogP contribution in [0.15, 0.2) is 30.3 Å². The molecule has 0 heterocycles. The van der Waals surface area contributed by atoms with Crippen LogP contribution in [0.3, 0.4) is 0 Å². The summed E-state index contributed by atoms with van der Waals surface area (Å²) < 4.78 is 11.5. The molecule has 1 aromatic carbocycles. The summed E-state index contributed by atoms with van der Waals surface area (Å²) in [6.07, 6.45) is 2.20. The van der Waals surface area contributed by atoms with Gasteiger partial charge in [-0.05, 0) is 25.3 Å². The van der Waals surface area contributed by atoms with Crippen LogP contribution >= 0.6 is 0 Å². The van der Waals surface area contributed by atoms with Gasteiger partial charge in [0, 0.05) is 6.61 Å². The predicted molar refractivity (Wildman–Crippen MR) is 80.6 cm³/mol. The molecule has 0 amide bonds. The minimum Gasteiger partial charge on any atom is -0.399 e. The molecule has 19 heavy (non-hydrogen) atoms. The van der Waals surface area contributed by atoms with Crippen LogP contribution in [0.1, 0.15) is 51.7 Å². The highest BCUT2D eigenvalue weighted by molar-refractivity contribution is 6.18. The van der Waals surface area contributed by atoms with Crippen molar-refractivity contribution < 1.29 is 14.0 Å². The SMILES string of the molecule is CCCO[SiH2]OC(C)(CCC)C(O)c1ccccc1. The fourth-order valence-electron chi connectivity index (χ4n) is 2.15. The third kappa shape index (κ3) is 5.07. The summed E-state index contributed by atoms with van der Waals surface area (Å²) in [5.74, 6) is 0. The average molecular weight is 282 g/mol. The third-order valence-corrected chi connectivity index (χ3v) is 4.49. The van der Waals surface area contributed by atoms with E-state index in [4.69, 9.17) is 8.85 Å². The summed E-state index contributed by atoms with van der Waals surface area (Å²) in [5.41, 5.74) is 0.360. The molecule has 0 saturated carbocycles. The van der Waals surface area contributed by atoms with Gasteiger partial charge in [0.15, 0.2) is 0 Å². The second kappa shape index (κ2) is 8.48. The van der Waals surface area contributed by atoms with Crippen molar-refractivity contribution in [1.82, 2.24) is 0 Å². The lowest BCUT2D eigenvalue weighted by molar-refractivity contribution is -0.0592.